The molecule has 0 aliphatic carbocycles. The highest BCUT2D eigenvalue weighted by molar-refractivity contribution is 5.75. The van der Waals surface area contributed by atoms with Crippen molar-refractivity contribution in [2.24, 2.45) is 5.73 Å². The van der Waals surface area contributed by atoms with E-state index in [4.69, 9.17) is 10.3 Å². The summed E-state index contributed by atoms with van der Waals surface area (Å²) in [5.74, 6) is 0.889. The van der Waals surface area contributed by atoms with E-state index in [0.717, 1.165) is 25.0 Å². The SMILES string of the molecule is NC(=O)CN1CCCC(c2nc(-c3cn4ccccc4n3)no2)C1. The molecular formula is C16H18N6O2. The molecule has 1 aliphatic rings. The fourth-order valence-electron chi connectivity index (χ4n) is 3.17. The number of aromatic nitrogens is 4. The molecule has 0 bridgehead atoms. The molecule has 1 atom stereocenters. The Morgan fingerprint density at radius 3 is 3.12 bits per heavy atom. The maximum atomic E-state index is 11.1. The van der Waals surface area contributed by atoms with Gasteiger partial charge in [-0.25, -0.2) is 4.98 Å². The zero-order valence-electron chi connectivity index (χ0n) is 13.1. The third-order valence-electron chi connectivity index (χ3n) is 4.27. The lowest BCUT2D eigenvalue weighted by atomic mass is 9.98. The number of piperidine rings is 1. The zero-order chi connectivity index (χ0) is 16.5. The van der Waals surface area contributed by atoms with E-state index in [1.54, 1.807) is 0 Å². The van der Waals surface area contributed by atoms with Gasteiger partial charge >= 0.3 is 0 Å². The molecule has 1 fully saturated rings. The quantitative estimate of drug-likeness (QED) is 0.769. The number of nitrogens with zero attached hydrogens (tertiary/aromatic N) is 5. The maximum Gasteiger partial charge on any atom is 0.231 e. The maximum absolute atomic E-state index is 11.1. The molecule has 3 aromatic rings. The summed E-state index contributed by atoms with van der Waals surface area (Å²) in [6.07, 6.45) is 5.74. The number of amides is 1. The van der Waals surface area contributed by atoms with E-state index in [9.17, 15) is 4.79 Å². The van der Waals surface area contributed by atoms with Crippen LogP contribution >= 0.6 is 0 Å². The van der Waals surface area contributed by atoms with E-state index in [1.165, 1.54) is 0 Å². The van der Waals surface area contributed by atoms with Crippen LogP contribution in [0.25, 0.3) is 17.2 Å². The summed E-state index contributed by atoms with van der Waals surface area (Å²) in [5, 5.41) is 4.07. The van der Waals surface area contributed by atoms with Gasteiger partial charge < -0.3 is 14.7 Å². The molecule has 24 heavy (non-hydrogen) atoms. The highest BCUT2D eigenvalue weighted by atomic mass is 16.5. The lowest BCUT2D eigenvalue weighted by Crippen LogP contribution is -2.40. The van der Waals surface area contributed by atoms with Crippen LogP contribution in [0.15, 0.2) is 35.1 Å². The van der Waals surface area contributed by atoms with Gasteiger partial charge in [-0.05, 0) is 31.5 Å². The first-order chi connectivity index (χ1) is 11.7. The monoisotopic (exact) mass is 326 g/mol. The molecule has 1 unspecified atom stereocenters. The summed E-state index contributed by atoms with van der Waals surface area (Å²) in [4.78, 5) is 22.2. The average Bonchev–Trinajstić information content (AvgIpc) is 3.21. The Morgan fingerprint density at radius 2 is 2.29 bits per heavy atom. The van der Waals surface area contributed by atoms with Crippen molar-refractivity contribution in [2.45, 2.75) is 18.8 Å². The van der Waals surface area contributed by atoms with Crippen LogP contribution in [-0.2, 0) is 4.79 Å². The Kier molecular flexibility index (Phi) is 3.73. The third-order valence-corrected chi connectivity index (χ3v) is 4.27. The molecule has 124 valence electrons. The van der Waals surface area contributed by atoms with Crippen molar-refractivity contribution in [3.63, 3.8) is 0 Å². The van der Waals surface area contributed by atoms with Crippen molar-refractivity contribution >= 4 is 11.6 Å². The molecule has 4 heterocycles. The van der Waals surface area contributed by atoms with Crippen LogP contribution < -0.4 is 5.73 Å². The van der Waals surface area contributed by atoms with Crippen LogP contribution in [-0.4, -0.2) is 50.0 Å². The van der Waals surface area contributed by atoms with Crippen LogP contribution in [0.3, 0.4) is 0 Å². The summed E-state index contributed by atoms with van der Waals surface area (Å²) in [6, 6.07) is 5.80. The Balaban J connectivity index is 1.54. The molecule has 8 nitrogen and oxygen atoms in total. The summed E-state index contributed by atoms with van der Waals surface area (Å²) in [6.45, 7) is 1.84. The number of imidazole rings is 1. The standard InChI is InChI=1S/C16H18N6O2/c17-13(23)10-21-6-3-4-11(8-21)16-19-15(20-24-16)12-9-22-7-2-1-5-14(22)18-12/h1-2,5,7,9,11H,3-4,6,8,10H2,(H2,17,23). The first-order valence-electron chi connectivity index (χ1n) is 7.97. The van der Waals surface area contributed by atoms with Gasteiger partial charge in [-0.1, -0.05) is 11.2 Å². The van der Waals surface area contributed by atoms with E-state index < -0.39 is 0 Å². The minimum absolute atomic E-state index is 0.122. The second kappa shape index (κ2) is 6.04. The van der Waals surface area contributed by atoms with Crippen molar-refractivity contribution in [2.75, 3.05) is 19.6 Å². The third kappa shape index (κ3) is 2.88. The van der Waals surface area contributed by atoms with E-state index >= 15 is 0 Å². The molecule has 2 N–H and O–H groups in total. The fourth-order valence-corrected chi connectivity index (χ4v) is 3.17. The van der Waals surface area contributed by atoms with Crippen molar-refractivity contribution in [1.29, 1.82) is 0 Å². The minimum Gasteiger partial charge on any atom is -0.369 e. The van der Waals surface area contributed by atoms with Crippen molar-refractivity contribution in [1.82, 2.24) is 24.4 Å². The number of likely N-dealkylation sites (tertiary alicyclic amines) is 1. The van der Waals surface area contributed by atoms with Crippen molar-refractivity contribution in [3.8, 4) is 11.5 Å². The number of hydrogen-bond acceptors (Lipinski definition) is 6. The van der Waals surface area contributed by atoms with Gasteiger partial charge in [-0.2, -0.15) is 4.98 Å². The molecule has 1 aliphatic heterocycles. The van der Waals surface area contributed by atoms with E-state index in [0.29, 0.717) is 24.0 Å². The number of nitrogens with two attached hydrogens (primary N) is 1. The molecule has 0 radical (unpaired) electrons. The normalized spacial score (nSPS) is 18.9. The van der Waals surface area contributed by atoms with Gasteiger partial charge in [0.05, 0.1) is 12.5 Å². The molecule has 0 aromatic carbocycles. The molecular weight excluding hydrogens is 308 g/mol. The zero-order valence-corrected chi connectivity index (χ0v) is 13.1. The van der Waals surface area contributed by atoms with Gasteiger partial charge in [0, 0.05) is 18.9 Å². The number of rotatable bonds is 4. The summed E-state index contributed by atoms with van der Waals surface area (Å²) in [7, 11) is 0. The van der Waals surface area contributed by atoms with Crippen LogP contribution in [0.1, 0.15) is 24.7 Å². The highest BCUT2D eigenvalue weighted by Gasteiger charge is 2.27. The van der Waals surface area contributed by atoms with Gasteiger partial charge in [0.15, 0.2) is 0 Å². The van der Waals surface area contributed by atoms with E-state index in [1.807, 2.05) is 39.9 Å². The van der Waals surface area contributed by atoms with Crippen LogP contribution in [0.2, 0.25) is 0 Å². The van der Waals surface area contributed by atoms with Gasteiger partial charge in [-0.15, -0.1) is 0 Å². The van der Waals surface area contributed by atoms with Crippen LogP contribution in [0, 0.1) is 0 Å². The first kappa shape index (κ1) is 14.8. The summed E-state index contributed by atoms with van der Waals surface area (Å²) >= 11 is 0. The molecule has 1 amide bonds. The molecule has 1 saturated heterocycles. The van der Waals surface area contributed by atoms with E-state index in [-0.39, 0.29) is 18.4 Å². The largest absolute Gasteiger partial charge is 0.369 e. The first-order valence-corrected chi connectivity index (χ1v) is 7.97. The van der Waals surface area contributed by atoms with E-state index in [2.05, 4.69) is 15.1 Å². The molecule has 0 spiro atoms. The molecule has 3 aromatic heterocycles. The Morgan fingerprint density at radius 1 is 1.38 bits per heavy atom. The molecule has 8 heteroatoms. The van der Waals surface area contributed by atoms with Crippen molar-refractivity contribution in [3.05, 3.63) is 36.5 Å². The number of carbonyl (C=O) groups is 1. The molecule has 0 saturated carbocycles. The molecule has 4 rings (SSSR count). The lowest BCUT2D eigenvalue weighted by Gasteiger charge is -2.29. The number of primary amides is 1. The van der Waals surface area contributed by atoms with Crippen LogP contribution in [0.4, 0.5) is 0 Å². The van der Waals surface area contributed by atoms with Gasteiger partial charge in [0.25, 0.3) is 0 Å². The lowest BCUT2D eigenvalue weighted by molar-refractivity contribution is -0.119. The Bertz CT molecular complexity index is 837. The summed E-state index contributed by atoms with van der Waals surface area (Å²) < 4.78 is 7.37. The Labute approximate surface area is 138 Å². The highest BCUT2D eigenvalue weighted by Crippen LogP contribution is 2.27. The summed E-state index contributed by atoms with van der Waals surface area (Å²) in [5.41, 5.74) is 6.80. The fraction of sp³-hybridized carbons (Fsp3) is 0.375. The van der Waals surface area contributed by atoms with Crippen LogP contribution in [0.5, 0.6) is 0 Å². The van der Waals surface area contributed by atoms with Crippen molar-refractivity contribution < 1.29 is 9.32 Å². The Hall–Kier alpha value is -2.74. The van der Waals surface area contributed by atoms with Gasteiger partial charge in [0.2, 0.25) is 17.6 Å². The predicted molar refractivity (Wildman–Crippen MR) is 86.1 cm³/mol. The number of hydrogen-bond donors (Lipinski definition) is 1. The smallest absolute Gasteiger partial charge is 0.231 e. The number of pyridine rings is 1. The number of fused-ring (bicyclic) bond motifs is 1. The predicted octanol–water partition coefficient (Wildman–Crippen LogP) is 1.05. The minimum atomic E-state index is -0.313. The van der Waals surface area contributed by atoms with Gasteiger partial charge in [0.1, 0.15) is 11.3 Å². The number of carbonyl (C=O) groups excluding carboxylic acids is 1. The average molecular weight is 326 g/mol. The second-order valence-corrected chi connectivity index (χ2v) is 6.09. The van der Waals surface area contributed by atoms with Gasteiger partial charge in [-0.3, -0.25) is 9.69 Å². The second-order valence-electron chi connectivity index (χ2n) is 6.09. The topological polar surface area (TPSA) is 103 Å².